The van der Waals surface area contributed by atoms with E-state index < -0.39 is 22.0 Å². The summed E-state index contributed by atoms with van der Waals surface area (Å²) in [4.78, 5) is 12.3. The standard InChI is InChI=1S/C17H18Cl2N2O3S/c1-11(13-4-3-5-15(19)10-13)20-17(22)12(2)21-25(23,24)16-8-6-14(18)7-9-16/h3-12,21H,1-2H3,(H,20,22). The van der Waals surface area contributed by atoms with Crippen molar-refractivity contribution in [1.82, 2.24) is 10.0 Å². The van der Waals surface area contributed by atoms with E-state index in [0.717, 1.165) is 5.56 Å². The molecule has 25 heavy (non-hydrogen) atoms. The van der Waals surface area contributed by atoms with Gasteiger partial charge in [-0.3, -0.25) is 4.79 Å². The van der Waals surface area contributed by atoms with Crippen molar-refractivity contribution in [3.05, 3.63) is 64.1 Å². The summed E-state index contributed by atoms with van der Waals surface area (Å²) in [6.45, 7) is 3.28. The molecule has 5 nitrogen and oxygen atoms in total. The number of hydrogen-bond acceptors (Lipinski definition) is 3. The fourth-order valence-electron chi connectivity index (χ4n) is 2.17. The van der Waals surface area contributed by atoms with Crippen molar-refractivity contribution in [1.29, 1.82) is 0 Å². The number of nitrogens with one attached hydrogen (secondary N) is 2. The number of halogens is 2. The number of benzene rings is 2. The monoisotopic (exact) mass is 400 g/mol. The molecule has 2 aromatic carbocycles. The Kier molecular flexibility index (Phi) is 6.46. The highest BCUT2D eigenvalue weighted by molar-refractivity contribution is 7.89. The summed E-state index contributed by atoms with van der Waals surface area (Å²) in [5, 5.41) is 3.76. The van der Waals surface area contributed by atoms with Crippen LogP contribution in [0.3, 0.4) is 0 Å². The van der Waals surface area contributed by atoms with Gasteiger partial charge in [0, 0.05) is 10.0 Å². The minimum atomic E-state index is -3.82. The zero-order chi connectivity index (χ0) is 18.6. The number of amides is 1. The molecule has 0 aliphatic rings. The van der Waals surface area contributed by atoms with E-state index in [2.05, 4.69) is 10.0 Å². The van der Waals surface area contributed by atoms with Gasteiger partial charge in [0.25, 0.3) is 0 Å². The molecule has 0 heterocycles. The maximum atomic E-state index is 12.3. The average Bonchev–Trinajstić information content (AvgIpc) is 2.54. The smallest absolute Gasteiger partial charge is 0.241 e. The minimum absolute atomic E-state index is 0.0411. The maximum absolute atomic E-state index is 12.3. The predicted molar refractivity (Wildman–Crippen MR) is 99.2 cm³/mol. The first-order chi connectivity index (χ1) is 11.7. The van der Waals surface area contributed by atoms with E-state index in [-0.39, 0.29) is 10.9 Å². The van der Waals surface area contributed by atoms with Crippen molar-refractivity contribution in [3.8, 4) is 0 Å². The van der Waals surface area contributed by atoms with Crippen LogP contribution in [0, 0.1) is 0 Å². The Morgan fingerprint density at radius 1 is 1.00 bits per heavy atom. The predicted octanol–water partition coefficient (Wildman–Crippen LogP) is 3.54. The van der Waals surface area contributed by atoms with Crippen LogP contribution in [-0.4, -0.2) is 20.4 Å². The second kappa shape index (κ2) is 8.19. The van der Waals surface area contributed by atoms with Crippen LogP contribution >= 0.6 is 23.2 Å². The molecule has 0 spiro atoms. The Labute approximate surface area is 157 Å². The van der Waals surface area contributed by atoms with Crippen molar-refractivity contribution in [2.24, 2.45) is 0 Å². The molecule has 2 aromatic rings. The van der Waals surface area contributed by atoms with E-state index >= 15 is 0 Å². The third kappa shape index (κ3) is 5.44. The Balaban J connectivity index is 2.03. The van der Waals surface area contributed by atoms with Gasteiger partial charge in [0.05, 0.1) is 17.0 Å². The van der Waals surface area contributed by atoms with Crippen LogP contribution in [0.1, 0.15) is 25.5 Å². The lowest BCUT2D eigenvalue weighted by molar-refractivity contribution is -0.123. The molecule has 0 saturated heterocycles. The fourth-order valence-corrected chi connectivity index (χ4v) is 3.69. The summed E-state index contributed by atoms with van der Waals surface area (Å²) in [5.41, 5.74) is 0.827. The lowest BCUT2D eigenvalue weighted by Gasteiger charge is -2.19. The van der Waals surface area contributed by atoms with E-state index in [9.17, 15) is 13.2 Å². The van der Waals surface area contributed by atoms with Crippen molar-refractivity contribution >= 4 is 39.1 Å². The van der Waals surface area contributed by atoms with Crippen LogP contribution in [0.5, 0.6) is 0 Å². The second-order valence-corrected chi connectivity index (χ2v) is 8.17. The highest BCUT2D eigenvalue weighted by Crippen LogP contribution is 2.18. The summed E-state index contributed by atoms with van der Waals surface area (Å²) in [6, 6.07) is 11.6. The first-order valence-corrected chi connectivity index (χ1v) is 9.76. The molecule has 0 aliphatic heterocycles. The highest BCUT2D eigenvalue weighted by Gasteiger charge is 2.23. The first kappa shape index (κ1) is 19.7. The van der Waals surface area contributed by atoms with Crippen LogP contribution in [-0.2, 0) is 14.8 Å². The van der Waals surface area contributed by atoms with E-state index in [1.54, 1.807) is 25.1 Å². The highest BCUT2D eigenvalue weighted by atomic mass is 35.5. The van der Waals surface area contributed by atoms with Crippen LogP contribution < -0.4 is 10.0 Å². The molecule has 0 bridgehead atoms. The van der Waals surface area contributed by atoms with E-state index in [1.165, 1.54) is 31.2 Å². The molecule has 134 valence electrons. The third-order valence-electron chi connectivity index (χ3n) is 3.56. The summed E-state index contributed by atoms with van der Waals surface area (Å²) < 4.78 is 27.0. The molecule has 8 heteroatoms. The topological polar surface area (TPSA) is 75.3 Å². The van der Waals surface area contributed by atoms with Gasteiger partial charge in [-0.1, -0.05) is 35.3 Å². The van der Waals surface area contributed by atoms with E-state index in [4.69, 9.17) is 23.2 Å². The third-order valence-corrected chi connectivity index (χ3v) is 5.60. The Hall–Kier alpha value is -1.60. The van der Waals surface area contributed by atoms with Gasteiger partial charge in [-0.2, -0.15) is 4.72 Å². The van der Waals surface area contributed by atoms with Gasteiger partial charge < -0.3 is 5.32 Å². The zero-order valence-electron chi connectivity index (χ0n) is 13.7. The summed E-state index contributed by atoms with van der Waals surface area (Å²) in [7, 11) is -3.82. The van der Waals surface area contributed by atoms with E-state index in [0.29, 0.717) is 10.0 Å². The Morgan fingerprint density at radius 2 is 1.64 bits per heavy atom. The van der Waals surface area contributed by atoms with Gasteiger partial charge in [-0.15, -0.1) is 0 Å². The summed E-state index contributed by atoms with van der Waals surface area (Å²) in [5.74, 6) is -0.440. The lowest BCUT2D eigenvalue weighted by atomic mass is 10.1. The fraction of sp³-hybridized carbons (Fsp3) is 0.235. The van der Waals surface area contributed by atoms with Gasteiger partial charge in [-0.25, -0.2) is 8.42 Å². The Bertz CT molecular complexity index is 854. The molecular formula is C17H18Cl2N2O3S. The van der Waals surface area contributed by atoms with Gasteiger partial charge >= 0.3 is 0 Å². The van der Waals surface area contributed by atoms with Crippen molar-refractivity contribution in [2.45, 2.75) is 30.8 Å². The van der Waals surface area contributed by atoms with Gasteiger partial charge in [0.15, 0.2) is 0 Å². The van der Waals surface area contributed by atoms with Gasteiger partial charge in [0.2, 0.25) is 15.9 Å². The van der Waals surface area contributed by atoms with Crippen molar-refractivity contribution in [2.75, 3.05) is 0 Å². The lowest BCUT2D eigenvalue weighted by Crippen LogP contribution is -2.45. The second-order valence-electron chi connectivity index (χ2n) is 5.58. The first-order valence-electron chi connectivity index (χ1n) is 7.53. The Morgan fingerprint density at radius 3 is 2.24 bits per heavy atom. The van der Waals surface area contributed by atoms with Gasteiger partial charge in [0.1, 0.15) is 0 Å². The number of sulfonamides is 1. The van der Waals surface area contributed by atoms with Crippen LogP contribution in [0.4, 0.5) is 0 Å². The molecule has 0 aliphatic carbocycles. The minimum Gasteiger partial charge on any atom is -0.348 e. The molecule has 0 radical (unpaired) electrons. The van der Waals surface area contributed by atoms with Crippen molar-refractivity contribution in [3.63, 3.8) is 0 Å². The number of rotatable bonds is 6. The number of hydrogen-bond donors (Lipinski definition) is 2. The number of carbonyl (C=O) groups excluding carboxylic acids is 1. The van der Waals surface area contributed by atoms with E-state index in [1.807, 2.05) is 6.07 Å². The SMILES string of the molecule is CC(NS(=O)(=O)c1ccc(Cl)cc1)C(=O)NC(C)c1cccc(Cl)c1. The van der Waals surface area contributed by atoms with Crippen LogP contribution in [0.25, 0.3) is 0 Å². The molecule has 0 saturated carbocycles. The normalized spacial score (nSPS) is 13.9. The molecule has 2 unspecified atom stereocenters. The summed E-state index contributed by atoms with van der Waals surface area (Å²) in [6.07, 6.45) is 0. The zero-order valence-corrected chi connectivity index (χ0v) is 16.0. The van der Waals surface area contributed by atoms with Crippen molar-refractivity contribution < 1.29 is 13.2 Å². The molecule has 2 rings (SSSR count). The average molecular weight is 401 g/mol. The maximum Gasteiger partial charge on any atom is 0.241 e. The summed E-state index contributed by atoms with van der Waals surface area (Å²) >= 11 is 11.7. The quantitative estimate of drug-likeness (QED) is 0.778. The molecule has 1 amide bonds. The van der Waals surface area contributed by atoms with Crippen LogP contribution in [0.15, 0.2) is 53.4 Å². The number of carbonyl (C=O) groups is 1. The molecule has 0 fully saturated rings. The molecular weight excluding hydrogens is 383 g/mol. The van der Waals surface area contributed by atoms with Crippen LogP contribution in [0.2, 0.25) is 10.0 Å². The molecule has 2 N–H and O–H groups in total. The molecule has 0 aromatic heterocycles. The largest absolute Gasteiger partial charge is 0.348 e. The van der Waals surface area contributed by atoms with Gasteiger partial charge in [-0.05, 0) is 55.8 Å². The molecule has 2 atom stereocenters.